The molecule has 6 heteroatoms. The van der Waals surface area contributed by atoms with Gasteiger partial charge < -0.3 is 19.3 Å². The maximum atomic E-state index is 12.2. The molecule has 1 aromatic rings. The molecule has 1 amide bonds. The van der Waals surface area contributed by atoms with Crippen molar-refractivity contribution in [1.82, 2.24) is 4.90 Å². The lowest BCUT2D eigenvalue weighted by Gasteiger charge is -2.28. The highest BCUT2D eigenvalue weighted by molar-refractivity contribution is 5.69. The van der Waals surface area contributed by atoms with Gasteiger partial charge in [0, 0.05) is 0 Å². The standard InChI is InChI=1S/C17H25NO5/c1-17(2,3)23-16(20)18-10-13(19)9-12(18)11-22-15-7-5-14(21-4)6-8-15/h5-8,12-13,19H,9-11H2,1-4H3/t12-,13+/m1/s1. The molecule has 0 saturated carbocycles. The zero-order chi connectivity index (χ0) is 17.0. The number of hydrogen-bond acceptors (Lipinski definition) is 5. The van der Waals surface area contributed by atoms with Crippen molar-refractivity contribution in [2.75, 3.05) is 20.3 Å². The lowest BCUT2D eigenvalue weighted by atomic mass is 10.2. The second-order valence-electron chi connectivity index (χ2n) is 6.66. The predicted octanol–water partition coefficient (Wildman–Crippen LogP) is 2.44. The van der Waals surface area contributed by atoms with Crippen LogP contribution in [0.25, 0.3) is 0 Å². The van der Waals surface area contributed by atoms with Crippen molar-refractivity contribution in [2.45, 2.75) is 44.9 Å². The van der Waals surface area contributed by atoms with Crippen LogP contribution in [-0.4, -0.2) is 54.1 Å². The van der Waals surface area contributed by atoms with Crippen molar-refractivity contribution in [3.63, 3.8) is 0 Å². The molecule has 23 heavy (non-hydrogen) atoms. The van der Waals surface area contributed by atoms with Crippen LogP contribution < -0.4 is 9.47 Å². The van der Waals surface area contributed by atoms with E-state index in [0.717, 1.165) is 5.75 Å². The Labute approximate surface area is 136 Å². The molecule has 0 radical (unpaired) electrons. The molecule has 0 unspecified atom stereocenters. The maximum absolute atomic E-state index is 12.2. The molecule has 0 aliphatic carbocycles. The topological polar surface area (TPSA) is 68.2 Å². The maximum Gasteiger partial charge on any atom is 0.410 e. The Balaban J connectivity index is 1.94. The Hall–Kier alpha value is -1.95. The van der Waals surface area contributed by atoms with Gasteiger partial charge in [-0.25, -0.2) is 4.79 Å². The highest BCUT2D eigenvalue weighted by Crippen LogP contribution is 2.23. The number of nitrogens with zero attached hydrogens (tertiary/aromatic N) is 1. The lowest BCUT2D eigenvalue weighted by molar-refractivity contribution is 0.0173. The number of aliphatic hydroxyl groups excluding tert-OH is 1. The summed E-state index contributed by atoms with van der Waals surface area (Å²) in [5.41, 5.74) is -0.563. The van der Waals surface area contributed by atoms with E-state index in [1.807, 2.05) is 45.0 Å². The number of β-amino-alcohol motifs (C(OH)–C–C–N with tert-alkyl or cyclic N) is 1. The number of methoxy groups -OCH3 is 1. The largest absolute Gasteiger partial charge is 0.497 e. The molecule has 1 heterocycles. The molecule has 2 atom stereocenters. The summed E-state index contributed by atoms with van der Waals surface area (Å²) in [5.74, 6) is 1.44. The molecule has 2 rings (SSSR count). The van der Waals surface area contributed by atoms with Gasteiger partial charge in [-0.1, -0.05) is 0 Å². The smallest absolute Gasteiger partial charge is 0.410 e. The van der Waals surface area contributed by atoms with E-state index in [1.54, 1.807) is 12.0 Å². The van der Waals surface area contributed by atoms with E-state index in [2.05, 4.69) is 0 Å². The number of amides is 1. The Morgan fingerprint density at radius 2 is 1.87 bits per heavy atom. The van der Waals surface area contributed by atoms with Gasteiger partial charge in [-0.2, -0.15) is 0 Å². The molecule has 0 bridgehead atoms. The van der Waals surface area contributed by atoms with Crippen LogP contribution in [0.1, 0.15) is 27.2 Å². The minimum absolute atomic E-state index is 0.207. The highest BCUT2D eigenvalue weighted by atomic mass is 16.6. The molecule has 1 aliphatic rings. The van der Waals surface area contributed by atoms with Crippen molar-refractivity contribution in [3.8, 4) is 11.5 Å². The van der Waals surface area contributed by atoms with Crippen molar-refractivity contribution in [2.24, 2.45) is 0 Å². The van der Waals surface area contributed by atoms with Gasteiger partial charge in [-0.05, 0) is 51.5 Å². The number of benzene rings is 1. The van der Waals surface area contributed by atoms with E-state index in [1.165, 1.54) is 0 Å². The third kappa shape index (κ3) is 5.03. The van der Waals surface area contributed by atoms with Gasteiger partial charge in [-0.3, -0.25) is 4.90 Å². The van der Waals surface area contributed by atoms with Gasteiger partial charge in [0.2, 0.25) is 0 Å². The molecule has 0 spiro atoms. The molecular weight excluding hydrogens is 298 g/mol. The summed E-state index contributed by atoms with van der Waals surface area (Å²) in [7, 11) is 1.61. The van der Waals surface area contributed by atoms with Crippen LogP contribution in [0, 0.1) is 0 Å². The SMILES string of the molecule is COc1ccc(OC[C@H]2C[C@H](O)CN2C(=O)OC(C)(C)C)cc1. The fraction of sp³-hybridized carbons (Fsp3) is 0.588. The van der Waals surface area contributed by atoms with Crippen molar-refractivity contribution in [3.05, 3.63) is 24.3 Å². The monoisotopic (exact) mass is 323 g/mol. The van der Waals surface area contributed by atoms with Gasteiger partial charge in [-0.15, -0.1) is 0 Å². The summed E-state index contributed by atoms with van der Waals surface area (Å²) < 4.78 is 16.2. The third-order valence-corrected chi connectivity index (χ3v) is 3.52. The number of likely N-dealkylation sites (tertiary alicyclic amines) is 1. The quantitative estimate of drug-likeness (QED) is 0.922. The number of carbonyl (C=O) groups excluding carboxylic acids is 1. The first kappa shape index (κ1) is 17.4. The first-order valence-corrected chi connectivity index (χ1v) is 7.73. The second kappa shape index (κ2) is 7.08. The van der Waals surface area contributed by atoms with Crippen molar-refractivity contribution in [1.29, 1.82) is 0 Å². The van der Waals surface area contributed by atoms with Crippen LogP contribution >= 0.6 is 0 Å². The molecular formula is C17H25NO5. The number of hydrogen-bond donors (Lipinski definition) is 1. The second-order valence-corrected chi connectivity index (χ2v) is 6.66. The van der Waals surface area contributed by atoms with E-state index in [9.17, 15) is 9.90 Å². The van der Waals surface area contributed by atoms with Crippen LogP contribution in [0.15, 0.2) is 24.3 Å². The van der Waals surface area contributed by atoms with E-state index in [0.29, 0.717) is 18.8 Å². The zero-order valence-electron chi connectivity index (χ0n) is 14.1. The first-order chi connectivity index (χ1) is 10.8. The minimum atomic E-state index is -0.563. The predicted molar refractivity (Wildman–Crippen MR) is 85.8 cm³/mol. The van der Waals surface area contributed by atoms with Crippen molar-refractivity contribution < 1.29 is 24.1 Å². The number of rotatable bonds is 4. The van der Waals surface area contributed by atoms with Crippen LogP contribution in [0.3, 0.4) is 0 Å². The van der Waals surface area contributed by atoms with Crippen molar-refractivity contribution >= 4 is 6.09 Å². The summed E-state index contributed by atoms with van der Waals surface area (Å²) in [6.07, 6.45) is -0.487. The molecule has 1 N–H and O–H groups in total. The fourth-order valence-electron chi connectivity index (χ4n) is 2.46. The van der Waals surface area contributed by atoms with Gasteiger partial charge in [0.05, 0.1) is 25.8 Å². The average Bonchev–Trinajstić information content (AvgIpc) is 2.85. The fourth-order valence-corrected chi connectivity index (χ4v) is 2.46. The molecule has 1 saturated heterocycles. The highest BCUT2D eigenvalue weighted by Gasteiger charge is 2.37. The lowest BCUT2D eigenvalue weighted by Crippen LogP contribution is -2.42. The summed E-state index contributed by atoms with van der Waals surface area (Å²) in [5, 5.41) is 9.86. The minimum Gasteiger partial charge on any atom is -0.497 e. The van der Waals surface area contributed by atoms with Crippen LogP contribution in [0.2, 0.25) is 0 Å². The Morgan fingerprint density at radius 3 is 2.43 bits per heavy atom. The molecule has 0 aromatic heterocycles. The zero-order valence-corrected chi connectivity index (χ0v) is 14.1. The normalized spacial score (nSPS) is 21.2. The van der Waals surface area contributed by atoms with Crippen LogP contribution in [0.5, 0.6) is 11.5 Å². The van der Waals surface area contributed by atoms with Crippen LogP contribution in [-0.2, 0) is 4.74 Å². The van der Waals surface area contributed by atoms with Gasteiger partial charge in [0.25, 0.3) is 0 Å². The first-order valence-electron chi connectivity index (χ1n) is 7.73. The van der Waals surface area contributed by atoms with Crippen LogP contribution in [0.4, 0.5) is 4.79 Å². The number of ether oxygens (including phenoxy) is 3. The number of aliphatic hydroxyl groups is 1. The Morgan fingerprint density at radius 1 is 1.26 bits per heavy atom. The molecule has 128 valence electrons. The molecule has 1 aromatic carbocycles. The molecule has 1 fully saturated rings. The van der Waals surface area contributed by atoms with E-state index in [-0.39, 0.29) is 12.6 Å². The number of carbonyl (C=O) groups is 1. The Bertz CT molecular complexity index is 523. The van der Waals surface area contributed by atoms with E-state index >= 15 is 0 Å². The summed E-state index contributed by atoms with van der Waals surface area (Å²) >= 11 is 0. The summed E-state index contributed by atoms with van der Waals surface area (Å²) in [6, 6.07) is 7.03. The summed E-state index contributed by atoms with van der Waals surface area (Å²) in [4.78, 5) is 13.8. The van der Waals surface area contributed by atoms with Gasteiger partial charge in [0.15, 0.2) is 0 Å². The average molecular weight is 323 g/mol. The molecule has 1 aliphatic heterocycles. The summed E-state index contributed by atoms with van der Waals surface area (Å²) in [6.45, 7) is 6.04. The van der Waals surface area contributed by atoms with Gasteiger partial charge in [0.1, 0.15) is 23.7 Å². The third-order valence-electron chi connectivity index (χ3n) is 3.52. The van der Waals surface area contributed by atoms with E-state index < -0.39 is 17.8 Å². The van der Waals surface area contributed by atoms with E-state index in [4.69, 9.17) is 14.2 Å². The van der Waals surface area contributed by atoms with Gasteiger partial charge >= 0.3 is 6.09 Å². The molecule has 6 nitrogen and oxygen atoms in total. The Kier molecular flexibility index (Phi) is 5.36.